The second kappa shape index (κ2) is 5.07. The molecule has 1 aromatic heterocycles. The number of likely N-dealkylation sites (tertiary alicyclic amines) is 1. The van der Waals surface area contributed by atoms with Gasteiger partial charge in [-0.15, -0.1) is 0 Å². The van der Waals surface area contributed by atoms with Gasteiger partial charge in [0.1, 0.15) is 12.2 Å². The van der Waals surface area contributed by atoms with Crippen molar-refractivity contribution in [3.63, 3.8) is 0 Å². The molecule has 1 fully saturated rings. The molecule has 1 saturated heterocycles. The first-order chi connectivity index (χ1) is 7.83. The first kappa shape index (κ1) is 11.1. The Kier molecular flexibility index (Phi) is 3.51. The summed E-state index contributed by atoms with van der Waals surface area (Å²) in [5.74, 6) is 1.01. The Morgan fingerprint density at radius 3 is 2.81 bits per heavy atom. The standard InChI is InChI=1S/C10H17N5O/c1-2-15-10(11-8-12-15)7-14-5-3-9(13-16)4-6-14/h8,16H,2-7H2,1H3. The highest BCUT2D eigenvalue weighted by Gasteiger charge is 2.17. The first-order valence-electron chi connectivity index (χ1n) is 5.62. The van der Waals surface area contributed by atoms with E-state index in [-0.39, 0.29) is 0 Å². The molecule has 1 N–H and O–H groups in total. The van der Waals surface area contributed by atoms with Crippen molar-refractivity contribution in [1.82, 2.24) is 19.7 Å². The minimum Gasteiger partial charge on any atom is -0.411 e. The molecule has 0 amide bonds. The fourth-order valence-electron chi connectivity index (χ4n) is 1.94. The van der Waals surface area contributed by atoms with Gasteiger partial charge in [0.15, 0.2) is 0 Å². The third-order valence-corrected chi connectivity index (χ3v) is 2.93. The lowest BCUT2D eigenvalue weighted by Crippen LogP contribution is -2.34. The van der Waals surface area contributed by atoms with Crippen LogP contribution in [0.5, 0.6) is 0 Å². The number of aryl methyl sites for hydroxylation is 1. The van der Waals surface area contributed by atoms with Crippen LogP contribution in [0.2, 0.25) is 0 Å². The highest BCUT2D eigenvalue weighted by atomic mass is 16.4. The van der Waals surface area contributed by atoms with Crippen molar-refractivity contribution in [2.75, 3.05) is 13.1 Å². The summed E-state index contributed by atoms with van der Waals surface area (Å²) in [5.41, 5.74) is 0.896. The van der Waals surface area contributed by atoms with Crippen LogP contribution in [-0.2, 0) is 13.1 Å². The molecule has 0 saturated carbocycles. The van der Waals surface area contributed by atoms with Crippen molar-refractivity contribution in [2.45, 2.75) is 32.9 Å². The van der Waals surface area contributed by atoms with Gasteiger partial charge in [-0.2, -0.15) is 5.10 Å². The summed E-state index contributed by atoms with van der Waals surface area (Å²) in [4.78, 5) is 6.56. The van der Waals surface area contributed by atoms with Gasteiger partial charge in [-0.25, -0.2) is 9.67 Å². The quantitative estimate of drug-likeness (QED) is 0.606. The topological polar surface area (TPSA) is 66.5 Å². The fraction of sp³-hybridized carbons (Fsp3) is 0.700. The van der Waals surface area contributed by atoms with E-state index >= 15 is 0 Å². The zero-order valence-electron chi connectivity index (χ0n) is 9.50. The smallest absolute Gasteiger partial charge is 0.140 e. The van der Waals surface area contributed by atoms with Gasteiger partial charge in [-0.1, -0.05) is 5.16 Å². The van der Waals surface area contributed by atoms with E-state index in [1.165, 1.54) is 0 Å². The highest BCUT2D eigenvalue weighted by molar-refractivity contribution is 5.84. The molecule has 2 rings (SSSR count). The van der Waals surface area contributed by atoms with Crippen LogP contribution in [0.4, 0.5) is 0 Å². The van der Waals surface area contributed by atoms with Crippen LogP contribution in [0.25, 0.3) is 0 Å². The van der Waals surface area contributed by atoms with Gasteiger partial charge in [0.25, 0.3) is 0 Å². The molecule has 0 aliphatic carbocycles. The minimum atomic E-state index is 0.826. The maximum atomic E-state index is 8.66. The molecule has 16 heavy (non-hydrogen) atoms. The van der Waals surface area contributed by atoms with E-state index in [0.29, 0.717) is 0 Å². The molecule has 1 aromatic rings. The van der Waals surface area contributed by atoms with E-state index in [1.807, 2.05) is 4.68 Å². The van der Waals surface area contributed by atoms with Crippen LogP contribution in [0.3, 0.4) is 0 Å². The molecule has 0 bridgehead atoms. The fourth-order valence-corrected chi connectivity index (χ4v) is 1.94. The molecule has 6 heteroatoms. The molecule has 0 spiro atoms. The number of oxime groups is 1. The van der Waals surface area contributed by atoms with Crippen LogP contribution < -0.4 is 0 Å². The second-order valence-electron chi connectivity index (χ2n) is 3.93. The predicted molar refractivity (Wildman–Crippen MR) is 59.4 cm³/mol. The summed E-state index contributed by atoms with van der Waals surface area (Å²) in [6.45, 7) is 5.59. The predicted octanol–water partition coefficient (Wildman–Crippen LogP) is 0.724. The zero-order valence-corrected chi connectivity index (χ0v) is 9.50. The van der Waals surface area contributed by atoms with Gasteiger partial charge in [-0.05, 0) is 6.92 Å². The van der Waals surface area contributed by atoms with Crippen molar-refractivity contribution in [3.05, 3.63) is 12.2 Å². The van der Waals surface area contributed by atoms with Gasteiger partial charge < -0.3 is 5.21 Å². The monoisotopic (exact) mass is 223 g/mol. The lowest BCUT2D eigenvalue weighted by molar-refractivity contribution is 0.246. The Hall–Kier alpha value is -1.43. The Labute approximate surface area is 94.6 Å². The summed E-state index contributed by atoms with van der Waals surface area (Å²) >= 11 is 0. The number of piperidine rings is 1. The maximum absolute atomic E-state index is 8.66. The van der Waals surface area contributed by atoms with E-state index in [2.05, 4.69) is 27.1 Å². The molecule has 1 aliphatic heterocycles. The lowest BCUT2D eigenvalue weighted by Gasteiger charge is -2.26. The molecule has 0 atom stereocenters. The highest BCUT2D eigenvalue weighted by Crippen LogP contribution is 2.10. The third kappa shape index (κ3) is 2.38. The molecule has 88 valence electrons. The van der Waals surface area contributed by atoms with E-state index < -0.39 is 0 Å². The number of rotatable bonds is 3. The Balaban J connectivity index is 1.91. The molecule has 6 nitrogen and oxygen atoms in total. The minimum absolute atomic E-state index is 0.826. The average molecular weight is 223 g/mol. The number of hydrogen-bond acceptors (Lipinski definition) is 5. The van der Waals surface area contributed by atoms with Crippen molar-refractivity contribution >= 4 is 5.71 Å². The number of hydrogen-bond donors (Lipinski definition) is 1. The normalized spacial score (nSPS) is 17.7. The lowest BCUT2D eigenvalue weighted by atomic mass is 10.1. The van der Waals surface area contributed by atoms with Crippen molar-refractivity contribution in [1.29, 1.82) is 0 Å². The van der Waals surface area contributed by atoms with Gasteiger partial charge >= 0.3 is 0 Å². The van der Waals surface area contributed by atoms with Gasteiger partial charge in [0.2, 0.25) is 0 Å². The van der Waals surface area contributed by atoms with Crippen molar-refractivity contribution < 1.29 is 5.21 Å². The second-order valence-corrected chi connectivity index (χ2v) is 3.93. The number of aromatic nitrogens is 3. The zero-order chi connectivity index (χ0) is 11.4. The van der Waals surface area contributed by atoms with E-state index in [0.717, 1.165) is 50.6 Å². The maximum Gasteiger partial charge on any atom is 0.140 e. The number of nitrogens with zero attached hydrogens (tertiary/aromatic N) is 5. The van der Waals surface area contributed by atoms with Crippen LogP contribution in [0, 0.1) is 0 Å². The van der Waals surface area contributed by atoms with Crippen LogP contribution in [-0.4, -0.2) is 43.7 Å². The SMILES string of the molecule is CCn1ncnc1CN1CCC(=NO)CC1. The van der Waals surface area contributed by atoms with E-state index in [9.17, 15) is 0 Å². The van der Waals surface area contributed by atoms with Crippen molar-refractivity contribution in [3.8, 4) is 0 Å². The third-order valence-electron chi connectivity index (χ3n) is 2.93. The summed E-state index contributed by atoms with van der Waals surface area (Å²) < 4.78 is 1.91. The molecule has 0 radical (unpaired) electrons. The average Bonchev–Trinajstić information content (AvgIpc) is 2.77. The first-order valence-corrected chi connectivity index (χ1v) is 5.62. The summed E-state index contributed by atoms with van der Waals surface area (Å²) in [7, 11) is 0. The Morgan fingerprint density at radius 2 is 2.19 bits per heavy atom. The molecule has 2 heterocycles. The van der Waals surface area contributed by atoms with Crippen LogP contribution in [0.15, 0.2) is 11.5 Å². The van der Waals surface area contributed by atoms with Gasteiger partial charge in [-0.3, -0.25) is 4.90 Å². The molecular weight excluding hydrogens is 206 g/mol. The largest absolute Gasteiger partial charge is 0.411 e. The van der Waals surface area contributed by atoms with Gasteiger partial charge in [0.05, 0.1) is 12.3 Å². The summed E-state index contributed by atoms with van der Waals surface area (Å²) in [6.07, 6.45) is 3.29. The summed E-state index contributed by atoms with van der Waals surface area (Å²) in [5, 5.41) is 16.1. The molecular formula is C10H17N5O. The molecule has 0 aromatic carbocycles. The van der Waals surface area contributed by atoms with E-state index in [1.54, 1.807) is 6.33 Å². The molecule has 1 aliphatic rings. The van der Waals surface area contributed by atoms with Crippen LogP contribution in [0.1, 0.15) is 25.6 Å². The van der Waals surface area contributed by atoms with Crippen molar-refractivity contribution in [2.24, 2.45) is 5.16 Å². The van der Waals surface area contributed by atoms with E-state index in [4.69, 9.17) is 5.21 Å². The Morgan fingerprint density at radius 1 is 1.44 bits per heavy atom. The van der Waals surface area contributed by atoms with Crippen LogP contribution >= 0.6 is 0 Å². The summed E-state index contributed by atoms with van der Waals surface area (Å²) in [6, 6.07) is 0. The molecule has 0 unspecified atom stereocenters. The Bertz CT molecular complexity index is 363. The van der Waals surface area contributed by atoms with Gasteiger partial charge in [0, 0.05) is 32.5 Å².